The van der Waals surface area contributed by atoms with E-state index in [0.717, 1.165) is 6.54 Å². The number of likely N-dealkylation sites (N-methyl/N-ethyl adjacent to an activating group) is 1. The molecular weight excluding hydrogens is 314 g/mol. The lowest BCUT2D eigenvalue weighted by Gasteiger charge is -2.17. The van der Waals surface area contributed by atoms with Gasteiger partial charge in [-0.15, -0.1) is 0 Å². The molecule has 1 atom stereocenters. The Balaban J connectivity index is 2.34. The first kappa shape index (κ1) is 16.2. The number of aromatic nitrogens is 2. The van der Waals surface area contributed by atoms with Gasteiger partial charge in [-0.25, -0.2) is 4.39 Å². The molecule has 7 heteroatoms. The van der Waals surface area contributed by atoms with E-state index >= 15 is 0 Å². The predicted octanol–water partition coefficient (Wildman–Crippen LogP) is 2.94. The molecule has 2 N–H and O–H groups in total. The zero-order chi connectivity index (χ0) is 15.6. The number of rotatable bonds is 5. The molecule has 0 fully saturated rings. The predicted molar refractivity (Wildman–Crippen MR) is 83.2 cm³/mol. The third-order valence-electron chi connectivity index (χ3n) is 3.18. The summed E-state index contributed by atoms with van der Waals surface area (Å²) < 4.78 is 15.7. The maximum atomic E-state index is 14.0. The van der Waals surface area contributed by atoms with Crippen molar-refractivity contribution in [2.45, 2.75) is 12.6 Å². The highest BCUT2D eigenvalue weighted by atomic mass is 35.5. The molecule has 0 spiro atoms. The van der Waals surface area contributed by atoms with Gasteiger partial charge in [0.2, 0.25) is 0 Å². The Bertz CT molecular complexity index is 627. The molecule has 2 aromatic rings. The minimum absolute atomic E-state index is 0.329. The first-order valence-corrected chi connectivity index (χ1v) is 7.22. The van der Waals surface area contributed by atoms with Crippen molar-refractivity contribution in [2.24, 2.45) is 5.73 Å². The zero-order valence-corrected chi connectivity index (χ0v) is 13.4. The zero-order valence-electron chi connectivity index (χ0n) is 11.9. The number of hydrogen-bond donors (Lipinski definition) is 1. The van der Waals surface area contributed by atoms with Crippen LogP contribution in [0.3, 0.4) is 0 Å². The maximum Gasteiger partial charge on any atom is 0.129 e. The van der Waals surface area contributed by atoms with Crippen molar-refractivity contribution in [3.63, 3.8) is 0 Å². The van der Waals surface area contributed by atoms with Crippen LogP contribution in [0.4, 0.5) is 4.39 Å². The third-order valence-corrected chi connectivity index (χ3v) is 3.71. The Labute approximate surface area is 133 Å². The molecule has 1 unspecified atom stereocenters. The Hall–Kier alpha value is -1.14. The van der Waals surface area contributed by atoms with Crippen LogP contribution in [-0.4, -0.2) is 35.3 Å². The molecule has 1 aromatic heterocycles. The molecule has 1 aromatic carbocycles. The van der Waals surface area contributed by atoms with Crippen molar-refractivity contribution < 1.29 is 4.39 Å². The summed E-state index contributed by atoms with van der Waals surface area (Å²) in [4.78, 5) is 2.02. The van der Waals surface area contributed by atoms with E-state index in [1.807, 2.05) is 19.0 Å². The van der Waals surface area contributed by atoms with Crippen molar-refractivity contribution in [1.82, 2.24) is 14.7 Å². The van der Waals surface area contributed by atoms with Gasteiger partial charge in [0, 0.05) is 17.1 Å². The van der Waals surface area contributed by atoms with Crippen molar-refractivity contribution in [2.75, 3.05) is 20.6 Å². The fraction of sp³-hybridized carbons (Fsp3) is 0.357. The molecule has 2 rings (SSSR count). The molecule has 0 amide bonds. The number of hydrogen-bond acceptors (Lipinski definition) is 3. The highest BCUT2D eigenvalue weighted by Gasteiger charge is 2.21. The van der Waals surface area contributed by atoms with Gasteiger partial charge in [-0.3, -0.25) is 4.68 Å². The van der Waals surface area contributed by atoms with Gasteiger partial charge in [0.1, 0.15) is 5.82 Å². The standard InChI is InChI=1S/C14H17Cl2FN4/c1-20(2)5-6-21-14(11(16)8-19-21)13(18)10-4-3-9(15)7-12(10)17/h3-4,7-8,13H,5-6,18H2,1-2H3. The highest BCUT2D eigenvalue weighted by molar-refractivity contribution is 6.31. The van der Waals surface area contributed by atoms with E-state index in [1.54, 1.807) is 16.8 Å². The fourth-order valence-electron chi connectivity index (χ4n) is 2.06. The smallest absolute Gasteiger partial charge is 0.129 e. The van der Waals surface area contributed by atoms with Crippen LogP contribution in [0.25, 0.3) is 0 Å². The van der Waals surface area contributed by atoms with E-state index < -0.39 is 11.9 Å². The van der Waals surface area contributed by atoms with Crippen LogP contribution in [0.1, 0.15) is 17.3 Å². The molecule has 21 heavy (non-hydrogen) atoms. The Morgan fingerprint density at radius 2 is 2.10 bits per heavy atom. The lowest BCUT2D eigenvalue weighted by atomic mass is 10.0. The van der Waals surface area contributed by atoms with Crippen molar-refractivity contribution in [3.05, 3.63) is 51.5 Å². The van der Waals surface area contributed by atoms with E-state index in [9.17, 15) is 4.39 Å². The minimum Gasteiger partial charge on any atom is -0.319 e. The van der Waals surface area contributed by atoms with Crippen molar-refractivity contribution in [3.8, 4) is 0 Å². The molecule has 0 bridgehead atoms. The van der Waals surface area contributed by atoms with Crippen LogP contribution < -0.4 is 5.73 Å². The monoisotopic (exact) mass is 330 g/mol. The van der Waals surface area contributed by atoms with E-state index in [0.29, 0.717) is 27.8 Å². The van der Waals surface area contributed by atoms with Crippen LogP contribution in [0.2, 0.25) is 10.0 Å². The van der Waals surface area contributed by atoms with Gasteiger partial charge in [-0.05, 0) is 26.2 Å². The van der Waals surface area contributed by atoms with Gasteiger partial charge in [-0.1, -0.05) is 29.3 Å². The number of halogens is 3. The molecule has 114 valence electrons. The van der Waals surface area contributed by atoms with Crippen molar-refractivity contribution in [1.29, 1.82) is 0 Å². The quantitative estimate of drug-likeness (QED) is 0.916. The van der Waals surface area contributed by atoms with Crippen LogP contribution in [0, 0.1) is 5.82 Å². The Kier molecular flexibility index (Phi) is 5.22. The van der Waals surface area contributed by atoms with Gasteiger partial charge in [0.15, 0.2) is 0 Å². The summed E-state index contributed by atoms with van der Waals surface area (Å²) in [5, 5.41) is 4.97. The second-order valence-corrected chi connectivity index (χ2v) is 5.89. The summed E-state index contributed by atoms with van der Waals surface area (Å²) >= 11 is 11.9. The largest absolute Gasteiger partial charge is 0.319 e. The molecular formula is C14H17Cl2FN4. The third kappa shape index (κ3) is 3.74. The van der Waals surface area contributed by atoms with E-state index in [2.05, 4.69) is 5.10 Å². The lowest BCUT2D eigenvalue weighted by Crippen LogP contribution is -2.24. The molecule has 0 radical (unpaired) electrons. The average Bonchev–Trinajstić information content (AvgIpc) is 2.77. The van der Waals surface area contributed by atoms with Crippen LogP contribution in [0.15, 0.2) is 24.4 Å². The van der Waals surface area contributed by atoms with E-state index in [-0.39, 0.29) is 0 Å². The fourth-order valence-corrected chi connectivity index (χ4v) is 2.47. The van der Waals surface area contributed by atoms with Gasteiger partial charge in [0.25, 0.3) is 0 Å². The van der Waals surface area contributed by atoms with Gasteiger partial charge in [-0.2, -0.15) is 5.10 Å². The van der Waals surface area contributed by atoms with Crippen LogP contribution in [-0.2, 0) is 6.54 Å². The van der Waals surface area contributed by atoms with Gasteiger partial charge >= 0.3 is 0 Å². The van der Waals surface area contributed by atoms with Crippen LogP contribution >= 0.6 is 23.2 Å². The summed E-state index contributed by atoms with van der Waals surface area (Å²) in [6.07, 6.45) is 1.53. The Morgan fingerprint density at radius 1 is 1.38 bits per heavy atom. The summed E-state index contributed by atoms with van der Waals surface area (Å²) in [5.41, 5.74) is 7.12. The minimum atomic E-state index is -0.695. The number of nitrogens with zero attached hydrogens (tertiary/aromatic N) is 3. The first-order valence-electron chi connectivity index (χ1n) is 6.46. The summed E-state index contributed by atoms with van der Waals surface area (Å²) in [7, 11) is 3.92. The summed E-state index contributed by atoms with van der Waals surface area (Å²) in [6.45, 7) is 1.40. The summed E-state index contributed by atoms with van der Waals surface area (Å²) in [5.74, 6) is -0.452. The van der Waals surface area contributed by atoms with Gasteiger partial charge in [0.05, 0.1) is 29.5 Å². The second-order valence-electron chi connectivity index (χ2n) is 5.05. The molecule has 0 saturated heterocycles. The number of nitrogens with two attached hydrogens (primary N) is 1. The maximum absolute atomic E-state index is 14.0. The van der Waals surface area contributed by atoms with Crippen LogP contribution in [0.5, 0.6) is 0 Å². The molecule has 1 heterocycles. The highest BCUT2D eigenvalue weighted by Crippen LogP contribution is 2.29. The molecule has 4 nitrogen and oxygen atoms in total. The molecule has 0 aliphatic heterocycles. The number of benzene rings is 1. The molecule has 0 aliphatic carbocycles. The second kappa shape index (κ2) is 6.75. The SMILES string of the molecule is CN(C)CCn1ncc(Cl)c1C(N)c1ccc(Cl)cc1F. The van der Waals surface area contributed by atoms with Gasteiger partial charge < -0.3 is 10.6 Å². The topological polar surface area (TPSA) is 47.1 Å². The van der Waals surface area contributed by atoms with Crippen molar-refractivity contribution >= 4 is 23.2 Å². The Morgan fingerprint density at radius 3 is 2.71 bits per heavy atom. The lowest BCUT2D eigenvalue weighted by molar-refractivity contribution is 0.367. The van der Waals surface area contributed by atoms with E-state index in [1.165, 1.54) is 12.3 Å². The molecule has 0 saturated carbocycles. The molecule has 0 aliphatic rings. The first-order chi connectivity index (χ1) is 9.90. The summed E-state index contributed by atoms with van der Waals surface area (Å²) in [6, 6.07) is 3.72. The average molecular weight is 331 g/mol. The normalized spacial score (nSPS) is 12.9. The van der Waals surface area contributed by atoms with E-state index in [4.69, 9.17) is 28.9 Å².